The molecule has 10 heteroatoms. The Bertz CT molecular complexity index is 1310. The van der Waals surface area contributed by atoms with Crippen LogP contribution >= 0.6 is 11.3 Å². The Labute approximate surface area is 250 Å². The summed E-state index contributed by atoms with van der Waals surface area (Å²) in [4.78, 5) is 23.6. The molecular weight excluding hydrogens is 556 g/mol. The van der Waals surface area contributed by atoms with E-state index >= 15 is 0 Å². The number of Topliss-reactive ketones (excluding diaryl/α,β-unsaturated/α-hetero) is 1. The molecule has 1 aromatic heterocycles. The van der Waals surface area contributed by atoms with Crippen LogP contribution < -0.4 is 4.74 Å². The summed E-state index contributed by atoms with van der Waals surface area (Å²) >= 11 is 1.95. The molecular formula is C31H46N4O4S2. The first-order valence-corrected chi connectivity index (χ1v) is 17.3. The number of fused-ring (bicyclic) bond motifs is 1. The van der Waals surface area contributed by atoms with Crippen LogP contribution in [0.15, 0.2) is 23.1 Å². The first kappa shape index (κ1) is 30.6. The van der Waals surface area contributed by atoms with Crippen molar-refractivity contribution in [1.29, 1.82) is 0 Å². The lowest BCUT2D eigenvalue weighted by Gasteiger charge is -2.35. The monoisotopic (exact) mass is 602 g/mol. The van der Waals surface area contributed by atoms with Gasteiger partial charge in [0.15, 0.2) is 0 Å². The van der Waals surface area contributed by atoms with Gasteiger partial charge in [-0.2, -0.15) is 4.31 Å². The van der Waals surface area contributed by atoms with Crippen molar-refractivity contribution in [2.24, 2.45) is 0 Å². The summed E-state index contributed by atoms with van der Waals surface area (Å²) in [5, 5.41) is 0. The fourth-order valence-corrected chi connectivity index (χ4v) is 10.0. The lowest BCUT2D eigenvalue weighted by atomic mass is 9.99. The fraction of sp³-hybridized carbons (Fsp3) is 0.645. The van der Waals surface area contributed by atoms with Crippen molar-refractivity contribution in [3.05, 3.63) is 44.6 Å². The molecule has 1 unspecified atom stereocenters. The SMILES string of the molecule is COc1cc(C)c(S(=O)(=O)N2CCCCC2CCC(=O)CN2CCc3sc(CN4CCN(C)CC4)cc3C2)c(C)c1. The van der Waals surface area contributed by atoms with E-state index in [0.717, 1.165) is 71.5 Å². The summed E-state index contributed by atoms with van der Waals surface area (Å²) < 4.78 is 34.7. The molecule has 1 atom stereocenters. The zero-order valence-electron chi connectivity index (χ0n) is 25.2. The van der Waals surface area contributed by atoms with Crippen LogP contribution in [0.25, 0.3) is 0 Å². The lowest BCUT2D eigenvalue weighted by Crippen LogP contribution is -2.44. The maximum absolute atomic E-state index is 13.8. The highest BCUT2D eigenvalue weighted by atomic mass is 32.2. The van der Waals surface area contributed by atoms with Crippen LogP contribution in [0.5, 0.6) is 5.75 Å². The maximum atomic E-state index is 13.8. The molecule has 0 saturated carbocycles. The molecule has 226 valence electrons. The van der Waals surface area contributed by atoms with Gasteiger partial charge in [0, 0.05) is 74.6 Å². The quantitative estimate of drug-likeness (QED) is 0.406. The summed E-state index contributed by atoms with van der Waals surface area (Å²) in [7, 11) is 0.116. The van der Waals surface area contributed by atoms with Crippen LogP contribution in [0.3, 0.4) is 0 Å². The van der Waals surface area contributed by atoms with Gasteiger partial charge in [0.2, 0.25) is 10.0 Å². The van der Waals surface area contributed by atoms with Crippen LogP contribution in [-0.2, 0) is 34.3 Å². The Balaban J connectivity index is 1.16. The molecule has 8 nitrogen and oxygen atoms in total. The minimum Gasteiger partial charge on any atom is -0.497 e. The van der Waals surface area contributed by atoms with Crippen molar-refractivity contribution in [2.75, 3.05) is 60.0 Å². The van der Waals surface area contributed by atoms with Gasteiger partial charge in [-0.1, -0.05) is 6.42 Å². The number of methoxy groups -OCH3 is 1. The molecule has 2 aromatic rings. The zero-order chi connectivity index (χ0) is 29.1. The largest absolute Gasteiger partial charge is 0.497 e. The number of likely N-dealkylation sites (N-methyl/N-ethyl adjacent to an activating group) is 1. The van der Waals surface area contributed by atoms with E-state index in [4.69, 9.17) is 4.74 Å². The summed E-state index contributed by atoms with van der Waals surface area (Å²) in [5.41, 5.74) is 2.78. The molecule has 2 fully saturated rings. The van der Waals surface area contributed by atoms with E-state index in [1.165, 1.54) is 15.3 Å². The highest BCUT2D eigenvalue weighted by molar-refractivity contribution is 7.89. The predicted octanol–water partition coefficient (Wildman–Crippen LogP) is 4.07. The Morgan fingerprint density at radius 2 is 1.73 bits per heavy atom. The van der Waals surface area contributed by atoms with Crippen LogP contribution in [-0.4, -0.2) is 99.2 Å². The molecule has 0 bridgehead atoms. The van der Waals surface area contributed by atoms with Gasteiger partial charge in [0.1, 0.15) is 11.5 Å². The molecule has 41 heavy (non-hydrogen) atoms. The summed E-state index contributed by atoms with van der Waals surface area (Å²) in [6, 6.07) is 5.80. The molecule has 0 spiro atoms. The van der Waals surface area contributed by atoms with Crippen molar-refractivity contribution < 1.29 is 17.9 Å². The second-order valence-corrected chi connectivity index (χ2v) is 15.2. The predicted molar refractivity (Wildman–Crippen MR) is 164 cm³/mol. The van der Waals surface area contributed by atoms with Gasteiger partial charge >= 0.3 is 0 Å². The fourth-order valence-electron chi connectivity index (χ4n) is 6.68. The molecule has 0 aliphatic carbocycles. The number of carbonyl (C=O) groups excluding carboxylic acids is 1. The Morgan fingerprint density at radius 3 is 2.44 bits per heavy atom. The third-order valence-corrected chi connectivity index (χ3v) is 12.4. The smallest absolute Gasteiger partial charge is 0.243 e. The topological polar surface area (TPSA) is 73.4 Å². The number of piperidine rings is 1. The first-order chi connectivity index (χ1) is 19.6. The minimum absolute atomic E-state index is 0.138. The van der Waals surface area contributed by atoms with Gasteiger partial charge in [-0.05, 0) is 81.5 Å². The van der Waals surface area contributed by atoms with Crippen molar-refractivity contribution in [3.63, 3.8) is 0 Å². The van der Waals surface area contributed by atoms with Crippen molar-refractivity contribution in [1.82, 2.24) is 19.0 Å². The molecule has 1 aromatic carbocycles. The van der Waals surface area contributed by atoms with Gasteiger partial charge in [-0.15, -0.1) is 11.3 Å². The zero-order valence-corrected chi connectivity index (χ0v) is 26.8. The van der Waals surface area contributed by atoms with Crippen LogP contribution in [0.1, 0.15) is 58.5 Å². The van der Waals surface area contributed by atoms with E-state index in [1.54, 1.807) is 23.5 Å². The molecule has 4 heterocycles. The highest BCUT2D eigenvalue weighted by Gasteiger charge is 2.35. The molecule has 2 saturated heterocycles. The third-order valence-electron chi connectivity index (χ3n) is 8.94. The van der Waals surface area contributed by atoms with Gasteiger partial charge in [0.05, 0.1) is 18.6 Å². The number of hydrogen-bond acceptors (Lipinski definition) is 8. The molecule has 5 rings (SSSR count). The van der Waals surface area contributed by atoms with Gasteiger partial charge in [0.25, 0.3) is 0 Å². The minimum atomic E-state index is -3.67. The van der Waals surface area contributed by atoms with Crippen molar-refractivity contribution >= 4 is 27.1 Å². The number of hydrogen-bond donors (Lipinski definition) is 0. The summed E-state index contributed by atoms with van der Waals surface area (Å²) in [6.45, 7) is 11.9. The third kappa shape index (κ3) is 7.22. The van der Waals surface area contributed by atoms with Crippen molar-refractivity contribution in [3.8, 4) is 5.75 Å². The van der Waals surface area contributed by atoms with E-state index in [-0.39, 0.29) is 11.8 Å². The Hall–Kier alpha value is -1.82. The number of carbonyl (C=O) groups is 1. The number of ketones is 1. The number of benzene rings is 1. The number of ether oxygens (including phenoxy) is 1. The molecule has 0 amide bonds. The molecule has 3 aliphatic heterocycles. The van der Waals surface area contributed by atoms with E-state index < -0.39 is 10.0 Å². The maximum Gasteiger partial charge on any atom is 0.243 e. The number of nitrogens with zero attached hydrogens (tertiary/aromatic N) is 4. The van der Waals surface area contributed by atoms with E-state index in [1.807, 2.05) is 25.2 Å². The first-order valence-electron chi connectivity index (χ1n) is 15.1. The van der Waals surface area contributed by atoms with E-state index in [2.05, 4.69) is 27.8 Å². The Kier molecular flexibility index (Phi) is 9.88. The number of thiophene rings is 1. The molecule has 0 N–H and O–H groups in total. The number of sulfonamides is 1. The number of aryl methyl sites for hydroxylation is 2. The Morgan fingerprint density at radius 1 is 1.00 bits per heavy atom. The van der Waals surface area contributed by atoms with Crippen molar-refractivity contribution in [2.45, 2.75) is 76.4 Å². The second kappa shape index (κ2) is 13.2. The van der Waals surface area contributed by atoms with Gasteiger partial charge in [-0.3, -0.25) is 14.6 Å². The molecule has 3 aliphatic rings. The second-order valence-electron chi connectivity index (χ2n) is 12.1. The summed E-state index contributed by atoms with van der Waals surface area (Å²) in [5.74, 6) is 0.874. The lowest BCUT2D eigenvalue weighted by molar-refractivity contribution is -0.120. The van der Waals surface area contributed by atoms with E-state index in [0.29, 0.717) is 47.7 Å². The average molecular weight is 603 g/mol. The van der Waals surface area contributed by atoms with Gasteiger partial charge in [-0.25, -0.2) is 8.42 Å². The highest BCUT2D eigenvalue weighted by Crippen LogP contribution is 2.33. The number of rotatable bonds is 10. The van der Waals surface area contributed by atoms with E-state index in [9.17, 15) is 13.2 Å². The molecule has 0 radical (unpaired) electrons. The normalized spacial score (nSPS) is 21.6. The standard InChI is InChI=1S/C31H46N4O4S2/c1-23-17-28(39-4)18-24(2)31(23)41(37,38)35-11-6-5-7-26(35)8-9-27(36)21-34-12-10-30-25(20-34)19-29(40-30)22-33-15-13-32(3)14-16-33/h17-19,26H,5-16,20-22H2,1-4H3. The van der Waals surface area contributed by atoms with Gasteiger partial charge < -0.3 is 9.64 Å². The van der Waals surface area contributed by atoms with Crippen LogP contribution in [0.2, 0.25) is 0 Å². The number of piperazine rings is 1. The average Bonchev–Trinajstić information content (AvgIpc) is 3.34. The van der Waals surface area contributed by atoms with Crippen LogP contribution in [0.4, 0.5) is 0 Å². The van der Waals surface area contributed by atoms with Crippen LogP contribution in [0, 0.1) is 13.8 Å². The summed E-state index contributed by atoms with van der Waals surface area (Å²) in [6.07, 6.45) is 4.66.